The Hall–Kier alpha value is -3.01. The van der Waals surface area contributed by atoms with Crippen molar-refractivity contribution in [3.05, 3.63) is 103 Å². The molecule has 2 aromatic carbocycles. The zero-order valence-electron chi connectivity index (χ0n) is 21.1. The molecule has 37 heavy (non-hydrogen) atoms. The van der Waals surface area contributed by atoms with E-state index in [0.29, 0.717) is 35.9 Å². The van der Waals surface area contributed by atoms with Gasteiger partial charge in [-0.15, -0.1) is 11.3 Å². The maximum absolute atomic E-state index is 13.3. The second-order valence-corrected chi connectivity index (χ2v) is 10.8. The average molecular weight is 539 g/mol. The highest BCUT2D eigenvalue weighted by Gasteiger charge is 2.21. The van der Waals surface area contributed by atoms with Crippen molar-refractivity contribution in [1.82, 2.24) is 14.8 Å². The van der Waals surface area contributed by atoms with Gasteiger partial charge in [-0.05, 0) is 48.4 Å². The summed E-state index contributed by atoms with van der Waals surface area (Å²) in [7, 11) is 3.79. The predicted molar refractivity (Wildman–Crippen MR) is 150 cm³/mol. The predicted octanol–water partition coefficient (Wildman–Crippen LogP) is 4.12. The Morgan fingerprint density at radius 2 is 1.81 bits per heavy atom. The number of aliphatic hydroxyl groups is 1. The maximum atomic E-state index is 13.3. The highest BCUT2D eigenvalue weighted by atomic mass is 35.5. The lowest BCUT2D eigenvalue weighted by Crippen LogP contribution is -2.29. The summed E-state index contributed by atoms with van der Waals surface area (Å²) in [4.78, 5) is 29.2. The number of hydrogen-bond acceptors (Lipinski definition) is 6. The van der Waals surface area contributed by atoms with E-state index in [4.69, 9.17) is 17.3 Å². The molecule has 4 aromatic rings. The monoisotopic (exact) mass is 538 g/mol. The number of halogens is 1. The van der Waals surface area contributed by atoms with Gasteiger partial charge in [-0.3, -0.25) is 14.5 Å². The zero-order valence-corrected chi connectivity index (χ0v) is 22.7. The van der Waals surface area contributed by atoms with Crippen LogP contribution in [-0.2, 0) is 26.7 Å². The van der Waals surface area contributed by atoms with E-state index >= 15 is 0 Å². The van der Waals surface area contributed by atoms with Crippen LogP contribution in [0, 0.1) is 6.92 Å². The van der Waals surface area contributed by atoms with Crippen LogP contribution in [0.3, 0.4) is 0 Å². The maximum Gasteiger partial charge on any atom is 0.257 e. The van der Waals surface area contributed by atoms with E-state index in [9.17, 15) is 14.7 Å². The summed E-state index contributed by atoms with van der Waals surface area (Å²) in [6.45, 7) is 3.76. The number of nitrogens with two attached hydrogens (primary N) is 1. The number of benzene rings is 2. The summed E-state index contributed by atoms with van der Waals surface area (Å²) in [6, 6.07) is 14.8. The van der Waals surface area contributed by atoms with Gasteiger partial charge >= 0.3 is 0 Å². The molecular formula is C28H31ClN4O3S. The highest BCUT2D eigenvalue weighted by Crippen LogP contribution is 2.30. The number of aliphatic hydroxyl groups excluding tert-OH is 1. The van der Waals surface area contributed by atoms with E-state index in [0.717, 1.165) is 32.6 Å². The summed E-state index contributed by atoms with van der Waals surface area (Å²) in [6.07, 6.45) is 0.956. The van der Waals surface area contributed by atoms with Gasteiger partial charge in [0.1, 0.15) is 5.56 Å². The Kier molecular flexibility index (Phi) is 8.46. The van der Waals surface area contributed by atoms with E-state index in [-0.39, 0.29) is 11.0 Å². The first-order chi connectivity index (χ1) is 17.7. The number of hydrogen-bond donors (Lipinski definition) is 3. The zero-order chi connectivity index (χ0) is 26.7. The second kappa shape index (κ2) is 11.6. The molecule has 0 saturated carbocycles. The number of likely N-dealkylation sites (N-methyl/N-ethyl adjacent to an activating group) is 1. The van der Waals surface area contributed by atoms with Crippen molar-refractivity contribution in [2.75, 3.05) is 13.6 Å². The third kappa shape index (κ3) is 6.11. The molecule has 0 aliphatic carbocycles. The molecule has 194 valence electrons. The third-order valence-corrected chi connectivity index (χ3v) is 7.97. The van der Waals surface area contributed by atoms with Gasteiger partial charge in [0.15, 0.2) is 0 Å². The minimum Gasteiger partial charge on any atom is -0.387 e. The molecule has 7 nitrogen and oxygen atoms in total. The van der Waals surface area contributed by atoms with Crippen LogP contribution in [0.15, 0.2) is 59.5 Å². The summed E-state index contributed by atoms with van der Waals surface area (Å²) >= 11 is 7.33. The lowest BCUT2D eigenvalue weighted by atomic mass is 10.1. The SMILES string of the molecule is Cc1c(CN(C)CC(O)c2ccc(CN)cc2)sc2c(=O)c(C(=O)NCc3ccc(Cl)cc3)cn(C)c12. The molecule has 0 saturated heterocycles. The number of carbonyl (C=O) groups is 1. The van der Waals surface area contributed by atoms with Crippen molar-refractivity contribution in [2.24, 2.45) is 12.8 Å². The van der Waals surface area contributed by atoms with Gasteiger partial charge in [-0.1, -0.05) is 48.0 Å². The van der Waals surface area contributed by atoms with Gasteiger partial charge in [0, 0.05) is 49.3 Å². The molecule has 1 amide bonds. The second-order valence-electron chi connectivity index (χ2n) is 9.28. The Balaban J connectivity index is 1.50. The van der Waals surface area contributed by atoms with Crippen LogP contribution in [0.5, 0.6) is 0 Å². The molecule has 4 rings (SSSR count). The molecule has 1 unspecified atom stereocenters. The molecule has 2 heterocycles. The molecule has 2 aromatic heterocycles. The topological polar surface area (TPSA) is 101 Å². The molecule has 1 atom stereocenters. The van der Waals surface area contributed by atoms with Crippen LogP contribution in [0.25, 0.3) is 10.2 Å². The number of amides is 1. The summed E-state index contributed by atoms with van der Waals surface area (Å²) in [5, 5.41) is 14.2. The largest absolute Gasteiger partial charge is 0.387 e. The van der Waals surface area contributed by atoms with Crippen LogP contribution in [0.1, 0.15) is 43.6 Å². The number of aromatic nitrogens is 1. The Morgan fingerprint density at radius 3 is 2.46 bits per heavy atom. The molecule has 0 aliphatic rings. The molecule has 0 bridgehead atoms. The number of nitrogens with zero attached hydrogens (tertiary/aromatic N) is 2. The van der Waals surface area contributed by atoms with Crippen molar-refractivity contribution in [3.63, 3.8) is 0 Å². The Labute approximate surface area is 225 Å². The van der Waals surface area contributed by atoms with E-state index in [1.54, 1.807) is 18.3 Å². The fourth-order valence-corrected chi connectivity index (χ4v) is 5.85. The van der Waals surface area contributed by atoms with Crippen molar-refractivity contribution in [3.8, 4) is 0 Å². The fraction of sp³-hybridized carbons (Fsp3) is 0.286. The minimum atomic E-state index is -0.645. The lowest BCUT2D eigenvalue weighted by molar-refractivity contribution is 0.0949. The van der Waals surface area contributed by atoms with E-state index < -0.39 is 12.0 Å². The van der Waals surface area contributed by atoms with Crippen molar-refractivity contribution >= 4 is 39.1 Å². The van der Waals surface area contributed by atoms with Gasteiger partial charge in [-0.25, -0.2) is 0 Å². The Morgan fingerprint density at radius 1 is 1.16 bits per heavy atom. The Bertz CT molecular complexity index is 1460. The molecule has 0 fully saturated rings. The molecule has 9 heteroatoms. The van der Waals surface area contributed by atoms with Gasteiger partial charge in [0.2, 0.25) is 5.43 Å². The molecule has 0 radical (unpaired) electrons. The smallest absolute Gasteiger partial charge is 0.257 e. The number of rotatable bonds is 9. The van der Waals surface area contributed by atoms with Gasteiger partial charge in [-0.2, -0.15) is 0 Å². The molecular weight excluding hydrogens is 508 g/mol. The van der Waals surface area contributed by atoms with Crippen LogP contribution in [-0.4, -0.2) is 34.1 Å². The first kappa shape index (κ1) is 27.0. The van der Waals surface area contributed by atoms with Crippen molar-refractivity contribution in [1.29, 1.82) is 0 Å². The number of thiophene rings is 1. The van der Waals surface area contributed by atoms with Crippen LogP contribution in [0.2, 0.25) is 5.02 Å². The fourth-order valence-electron chi connectivity index (χ4n) is 4.35. The minimum absolute atomic E-state index is 0.112. The van der Waals surface area contributed by atoms with Crippen molar-refractivity contribution < 1.29 is 9.90 Å². The standard InChI is InChI=1S/C28H31ClN4O3S/c1-17-24(16-32(2)15-23(34)20-8-4-18(12-30)5-9-20)37-27-25(17)33(3)14-22(26(27)35)28(36)31-13-19-6-10-21(29)11-7-19/h4-11,14,23,34H,12-13,15-16,30H2,1-3H3,(H,31,36). The number of nitrogens with one attached hydrogen (secondary N) is 1. The van der Waals surface area contributed by atoms with Gasteiger partial charge in [0.25, 0.3) is 5.91 Å². The van der Waals surface area contributed by atoms with Gasteiger partial charge in [0.05, 0.1) is 16.3 Å². The van der Waals surface area contributed by atoms with Crippen LogP contribution in [0.4, 0.5) is 0 Å². The highest BCUT2D eigenvalue weighted by molar-refractivity contribution is 7.19. The lowest BCUT2D eigenvalue weighted by Gasteiger charge is -2.20. The summed E-state index contributed by atoms with van der Waals surface area (Å²) in [5.41, 5.74) is 10.1. The van der Waals surface area contributed by atoms with E-state index in [1.165, 1.54) is 11.3 Å². The normalized spacial score (nSPS) is 12.3. The first-order valence-electron chi connectivity index (χ1n) is 12.0. The van der Waals surface area contributed by atoms with E-state index in [2.05, 4.69) is 5.32 Å². The molecule has 0 aliphatic heterocycles. The van der Waals surface area contributed by atoms with Crippen molar-refractivity contribution in [2.45, 2.75) is 32.7 Å². The number of fused-ring (bicyclic) bond motifs is 1. The van der Waals surface area contributed by atoms with Crippen LogP contribution >= 0.6 is 22.9 Å². The van der Waals surface area contributed by atoms with Crippen LogP contribution < -0.4 is 16.5 Å². The summed E-state index contributed by atoms with van der Waals surface area (Å²) < 4.78 is 2.40. The number of pyridine rings is 1. The number of aryl methyl sites for hydroxylation is 2. The quantitative estimate of drug-likeness (QED) is 0.298. The first-order valence-corrected chi connectivity index (χ1v) is 13.2. The van der Waals surface area contributed by atoms with E-state index in [1.807, 2.05) is 66.9 Å². The average Bonchev–Trinajstić information content (AvgIpc) is 3.22. The molecule has 4 N–H and O–H groups in total. The third-order valence-electron chi connectivity index (χ3n) is 6.45. The number of carbonyl (C=O) groups excluding carboxylic acids is 1. The van der Waals surface area contributed by atoms with Gasteiger partial charge < -0.3 is 20.7 Å². The molecule has 0 spiro atoms. The summed E-state index contributed by atoms with van der Waals surface area (Å²) in [5.74, 6) is -0.411.